The van der Waals surface area contributed by atoms with Crippen LogP contribution in [0.15, 0.2) is 24.3 Å². The van der Waals surface area contributed by atoms with Gasteiger partial charge in [0.2, 0.25) is 0 Å². The molecular formula is C13H19N. The molecule has 1 heteroatoms. The van der Waals surface area contributed by atoms with Crippen molar-refractivity contribution in [3.05, 3.63) is 35.4 Å². The van der Waals surface area contributed by atoms with Gasteiger partial charge in [0.15, 0.2) is 0 Å². The predicted molar refractivity (Wildman–Crippen MR) is 60.3 cm³/mol. The largest absolute Gasteiger partial charge is 0.310 e. The second-order valence-corrected chi connectivity index (χ2v) is 4.47. The van der Waals surface area contributed by atoms with Gasteiger partial charge in [-0.2, -0.15) is 0 Å². The van der Waals surface area contributed by atoms with Gasteiger partial charge in [0, 0.05) is 6.04 Å². The summed E-state index contributed by atoms with van der Waals surface area (Å²) in [6, 6.07) is 9.44. The van der Waals surface area contributed by atoms with Crippen molar-refractivity contribution in [2.75, 3.05) is 6.54 Å². The highest BCUT2D eigenvalue weighted by atomic mass is 14.9. The van der Waals surface area contributed by atoms with E-state index in [4.69, 9.17) is 0 Å². The van der Waals surface area contributed by atoms with Gasteiger partial charge >= 0.3 is 0 Å². The fraction of sp³-hybridized carbons (Fsp3) is 0.538. The maximum absolute atomic E-state index is 3.61. The summed E-state index contributed by atoms with van der Waals surface area (Å²) in [6.45, 7) is 5.68. The summed E-state index contributed by atoms with van der Waals surface area (Å²) in [5, 5.41) is 3.61. The van der Waals surface area contributed by atoms with Crippen LogP contribution in [0.5, 0.6) is 0 Å². The highest BCUT2D eigenvalue weighted by Gasteiger charge is 2.21. The minimum atomic E-state index is 0.573. The van der Waals surface area contributed by atoms with E-state index in [1.165, 1.54) is 30.5 Å². The molecule has 1 nitrogen and oxygen atoms in total. The lowest BCUT2D eigenvalue weighted by Crippen LogP contribution is -2.32. The zero-order valence-electron chi connectivity index (χ0n) is 9.09. The highest BCUT2D eigenvalue weighted by Crippen LogP contribution is 2.28. The molecule has 1 aliphatic heterocycles. The number of rotatable bonds is 1. The van der Waals surface area contributed by atoms with Gasteiger partial charge in [-0.25, -0.2) is 0 Å². The number of hydrogen-bond donors (Lipinski definition) is 1. The predicted octanol–water partition coefficient (Wildman–Crippen LogP) is 3.06. The Kier molecular flexibility index (Phi) is 2.87. The molecule has 0 saturated carbocycles. The number of aryl methyl sites for hydroxylation is 1. The minimum Gasteiger partial charge on any atom is -0.310 e. The topological polar surface area (TPSA) is 12.0 Å². The fourth-order valence-corrected chi connectivity index (χ4v) is 2.36. The van der Waals surface area contributed by atoms with E-state index in [0.717, 1.165) is 5.92 Å². The normalized spacial score (nSPS) is 27.6. The third-order valence-corrected chi connectivity index (χ3v) is 3.17. The van der Waals surface area contributed by atoms with Crippen molar-refractivity contribution in [3.63, 3.8) is 0 Å². The van der Waals surface area contributed by atoms with Crippen molar-refractivity contribution in [3.8, 4) is 0 Å². The Bertz CT molecular complexity index is 306. The molecule has 0 aliphatic carbocycles. The SMILES string of the molecule is Cc1cccc([C@H]2NCCC[C@H]2C)c1. The molecule has 0 radical (unpaired) electrons. The molecule has 2 rings (SSSR count). The molecule has 1 N–H and O–H groups in total. The number of piperidine rings is 1. The van der Waals surface area contributed by atoms with E-state index < -0.39 is 0 Å². The third-order valence-electron chi connectivity index (χ3n) is 3.17. The zero-order valence-corrected chi connectivity index (χ0v) is 9.09. The third kappa shape index (κ3) is 1.98. The maximum Gasteiger partial charge on any atom is 0.0346 e. The van der Waals surface area contributed by atoms with Crippen LogP contribution in [-0.2, 0) is 0 Å². The summed E-state index contributed by atoms with van der Waals surface area (Å²) in [5.41, 5.74) is 2.82. The van der Waals surface area contributed by atoms with Crippen LogP contribution in [0.2, 0.25) is 0 Å². The first-order chi connectivity index (χ1) is 6.77. The molecule has 1 aromatic rings. The summed E-state index contributed by atoms with van der Waals surface area (Å²) in [7, 11) is 0. The molecule has 0 aromatic heterocycles. The summed E-state index contributed by atoms with van der Waals surface area (Å²) in [4.78, 5) is 0. The Balaban J connectivity index is 2.20. The minimum absolute atomic E-state index is 0.573. The van der Waals surface area contributed by atoms with Gasteiger partial charge in [-0.3, -0.25) is 0 Å². The Morgan fingerprint density at radius 2 is 2.21 bits per heavy atom. The van der Waals surface area contributed by atoms with Gasteiger partial charge in [0.1, 0.15) is 0 Å². The first-order valence-corrected chi connectivity index (χ1v) is 5.57. The van der Waals surface area contributed by atoms with E-state index in [2.05, 4.69) is 43.4 Å². The van der Waals surface area contributed by atoms with E-state index in [1.807, 2.05) is 0 Å². The van der Waals surface area contributed by atoms with Crippen molar-refractivity contribution >= 4 is 0 Å². The second kappa shape index (κ2) is 4.14. The zero-order chi connectivity index (χ0) is 9.97. The quantitative estimate of drug-likeness (QED) is 0.716. The fourth-order valence-electron chi connectivity index (χ4n) is 2.36. The van der Waals surface area contributed by atoms with E-state index in [-0.39, 0.29) is 0 Å². The molecule has 0 amide bonds. The Morgan fingerprint density at radius 1 is 1.36 bits per heavy atom. The maximum atomic E-state index is 3.61. The molecule has 1 heterocycles. The number of nitrogens with one attached hydrogen (secondary N) is 1. The Hall–Kier alpha value is -0.820. The van der Waals surface area contributed by atoms with Gasteiger partial charge in [-0.05, 0) is 37.8 Å². The van der Waals surface area contributed by atoms with Crippen LogP contribution in [0, 0.1) is 12.8 Å². The monoisotopic (exact) mass is 189 g/mol. The van der Waals surface area contributed by atoms with Gasteiger partial charge in [-0.1, -0.05) is 36.8 Å². The first kappa shape index (κ1) is 9.72. The Morgan fingerprint density at radius 3 is 2.93 bits per heavy atom. The van der Waals surface area contributed by atoms with Crippen LogP contribution in [-0.4, -0.2) is 6.54 Å². The van der Waals surface area contributed by atoms with Crippen LogP contribution in [0.3, 0.4) is 0 Å². The van der Waals surface area contributed by atoms with E-state index >= 15 is 0 Å². The molecule has 0 spiro atoms. The van der Waals surface area contributed by atoms with E-state index in [9.17, 15) is 0 Å². The summed E-state index contributed by atoms with van der Waals surface area (Å²) in [6.07, 6.45) is 2.68. The average Bonchev–Trinajstić information content (AvgIpc) is 2.18. The van der Waals surface area contributed by atoms with Crippen LogP contribution < -0.4 is 5.32 Å². The summed E-state index contributed by atoms with van der Waals surface area (Å²) >= 11 is 0. The summed E-state index contributed by atoms with van der Waals surface area (Å²) in [5.74, 6) is 0.769. The standard InChI is InChI=1S/C13H19N/c1-10-5-3-7-12(9-10)13-11(2)6-4-8-14-13/h3,5,7,9,11,13-14H,4,6,8H2,1-2H3/t11-,13+/m1/s1. The van der Waals surface area contributed by atoms with Gasteiger partial charge in [0.25, 0.3) is 0 Å². The molecule has 0 unspecified atom stereocenters. The van der Waals surface area contributed by atoms with Crippen molar-refractivity contribution in [2.45, 2.75) is 32.7 Å². The molecule has 76 valence electrons. The first-order valence-electron chi connectivity index (χ1n) is 5.57. The van der Waals surface area contributed by atoms with Crippen molar-refractivity contribution in [1.29, 1.82) is 0 Å². The second-order valence-electron chi connectivity index (χ2n) is 4.47. The molecule has 1 aliphatic rings. The number of hydrogen-bond acceptors (Lipinski definition) is 1. The lowest BCUT2D eigenvalue weighted by Gasteiger charge is -2.30. The molecule has 0 bridgehead atoms. The van der Waals surface area contributed by atoms with Crippen molar-refractivity contribution in [1.82, 2.24) is 5.32 Å². The Labute approximate surface area is 86.5 Å². The molecule has 14 heavy (non-hydrogen) atoms. The van der Waals surface area contributed by atoms with Gasteiger partial charge in [0.05, 0.1) is 0 Å². The molecular weight excluding hydrogens is 170 g/mol. The molecule has 1 fully saturated rings. The summed E-state index contributed by atoms with van der Waals surface area (Å²) < 4.78 is 0. The average molecular weight is 189 g/mol. The molecule has 1 aromatic carbocycles. The van der Waals surface area contributed by atoms with Crippen LogP contribution in [0.1, 0.15) is 36.9 Å². The van der Waals surface area contributed by atoms with Crippen molar-refractivity contribution < 1.29 is 0 Å². The van der Waals surface area contributed by atoms with E-state index in [1.54, 1.807) is 0 Å². The van der Waals surface area contributed by atoms with Gasteiger partial charge < -0.3 is 5.32 Å². The van der Waals surface area contributed by atoms with E-state index in [0.29, 0.717) is 6.04 Å². The lowest BCUT2D eigenvalue weighted by molar-refractivity contribution is 0.306. The van der Waals surface area contributed by atoms with Gasteiger partial charge in [-0.15, -0.1) is 0 Å². The van der Waals surface area contributed by atoms with Crippen LogP contribution in [0.25, 0.3) is 0 Å². The van der Waals surface area contributed by atoms with Crippen LogP contribution >= 0.6 is 0 Å². The lowest BCUT2D eigenvalue weighted by atomic mass is 9.87. The van der Waals surface area contributed by atoms with Crippen LogP contribution in [0.4, 0.5) is 0 Å². The van der Waals surface area contributed by atoms with Crippen molar-refractivity contribution in [2.24, 2.45) is 5.92 Å². The smallest absolute Gasteiger partial charge is 0.0346 e. The number of benzene rings is 1. The molecule has 2 atom stereocenters. The molecule has 1 saturated heterocycles. The highest BCUT2D eigenvalue weighted by molar-refractivity contribution is 5.25.